The van der Waals surface area contributed by atoms with Crippen molar-refractivity contribution >= 4 is 40.8 Å². The number of nitrogens with one attached hydrogen (secondary N) is 1. The molecule has 3 rings (SSSR count). The molecule has 0 bridgehead atoms. The number of nitrogens with zero attached hydrogens (tertiary/aromatic N) is 4. The molecule has 1 aromatic carbocycles. The molecule has 1 aromatic heterocycles. The minimum absolute atomic E-state index is 0.119. The smallest absolute Gasteiger partial charge is 0.255 e. The van der Waals surface area contributed by atoms with E-state index in [1.165, 1.54) is 0 Å². The number of carbonyl (C=O) groups excluding carboxylic acids is 2. The number of hydrogen-bond acceptors (Lipinski definition) is 5. The van der Waals surface area contributed by atoms with Crippen molar-refractivity contribution in [3.8, 4) is 0 Å². The van der Waals surface area contributed by atoms with E-state index >= 15 is 0 Å². The molecule has 0 radical (unpaired) electrons. The van der Waals surface area contributed by atoms with Gasteiger partial charge in [-0.2, -0.15) is 0 Å². The summed E-state index contributed by atoms with van der Waals surface area (Å²) in [6.45, 7) is 3.95. The van der Waals surface area contributed by atoms with Crippen LogP contribution >= 0.6 is 23.2 Å². The minimum atomic E-state index is -0.124. The van der Waals surface area contributed by atoms with Gasteiger partial charge in [0.2, 0.25) is 0 Å². The Labute approximate surface area is 192 Å². The van der Waals surface area contributed by atoms with E-state index in [1.54, 1.807) is 35.4 Å². The highest BCUT2D eigenvalue weighted by Crippen LogP contribution is 2.23. The van der Waals surface area contributed by atoms with Gasteiger partial charge < -0.3 is 20.0 Å². The van der Waals surface area contributed by atoms with Crippen molar-refractivity contribution in [3.63, 3.8) is 0 Å². The van der Waals surface area contributed by atoms with Crippen LogP contribution < -0.4 is 10.2 Å². The van der Waals surface area contributed by atoms with E-state index in [2.05, 4.69) is 20.1 Å². The van der Waals surface area contributed by atoms with Gasteiger partial charge in [-0.15, -0.1) is 0 Å². The van der Waals surface area contributed by atoms with Crippen molar-refractivity contribution in [2.75, 3.05) is 58.3 Å². The lowest BCUT2D eigenvalue weighted by Gasteiger charge is -2.35. The summed E-state index contributed by atoms with van der Waals surface area (Å²) in [6, 6.07) is 8.53. The Morgan fingerprint density at radius 2 is 1.84 bits per heavy atom. The highest BCUT2D eigenvalue weighted by atomic mass is 35.5. The molecule has 9 heteroatoms. The number of benzene rings is 1. The van der Waals surface area contributed by atoms with Crippen LogP contribution in [0.5, 0.6) is 0 Å². The summed E-state index contributed by atoms with van der Waals surface area (Å²) in [5.74, 6) is 0.546. The number of piperazine rings is 1. The zero-order valence-corrected chi connectivity index (χ0v) is 19.3. The van der Waals surface area contributed by atoms with Crippen LogP contribution in [0.2, 0.25) is 10.0 Å². The van der Waals surface area contributed by atoms with E-state index in [0.29, 0.717) is 53.9 Å². The topological polar surface area (TPSA) is 68.8 Å². The largest absolute Gasteiger partial charge is 0.353 e. The Morgan fingerprint density at radius 1 is 1.10 bits per heavy atom. The first-order valence-electron chi connectivity index (χ1n) is 10.2. The normalized spacial score (nSPS) is 14.1. The predicted octanol–water partition coefficient (Wildman–Crippen LogP) is 3.03. The predicted molar refractivity (Wildman–Crippen MR) is 124 cm³/mol. The van der Waals surface area contributed by atoms with E-state index in [4.69, 9.17) is 23.2 Å². The second-order valence-electron chi connectivity index (χ2n) is 7.72. The van der Waals surface area contributed by atoms with Crippen molar-refractivity contribution in [2.45, 2.75) is 6.42 Å². The summed E-state index contributed by atoms with van der Waals surface area (Å²) in [4.78, 5) is 35.4. The number of hydrogen-bond donors (Lipinski definition) is 1. The minimum Gasteiger partial charge on any atom is -0.353 e. The van der Waals surface area contributed by atoms with Crippen molar-refractivity contribution < 1.29 is 9.59 Å². The first kappa shape index (κ1) is 23.3. The maximum Gasteiger partial charge on any atom is 0.255 e. The lowest BCUT2D eigenvalue weighted by Crippen LogP contribution is -2.49. The first-order chi connectivity index (χ1) is 14.8. The van der Waals surface area contributed by atoms with E-state index in [1.807, 2.05) is 20.2 Å². The van der Waals surface area contributed by atoms with Gasteiger partial charge in [0.1, 0.15) is 5.82 Å². The van der Waals surface area contributed by atoms with Gasteiger partial charge in [-0.3, -0.25) is 9.59 Å². The van der Waals surface area contributed by atoms with E-state index < -0.39 is 0 Å². The van der Waals surface area contributed by atoms with E-state index in [0.717, 1.165) is 18.8 Å². The number of halogens is 2. The zero-order chi connectivity index (χ0) is 22.4. The van der Waals surface area contributed by atoms with E-state index in [-0.39, 0.29) is 11.8 Å². The second-order valence-corrected chi connectivity index (χ2v) is 8.56. The van der Waals surface area contributed by atoms with Crippen LogP contribution in [0.15, 0.2) is 36.5 Å². The average molecular weight is 464 g/mol. The van der Waals surface area contributed by atoms with Crippen LogP contribution in [0.4, 0.5) is 5.82 Å². The molecule has 2 amide bonds. The lowest BCUT2D eigenvalue weighted by atomic mass is 10.1. The molecule has 2 aromatic rings. The molecule has 166 valence electrons. The summed E-state index contributed by atoms with van der Waals surface area (Å²) in [5.41, 5.74) is 0.958. The van der Waals surface area contributed by atoms with Crippen LogP contribution in [0, 0.1) is 0 Å². The molecule has 0 spiro atoms. The maximum absolute atomic E-state index is 12.8. The highest BCUT2D eigenvalue weighted by molar-refractivity contribution is 6.35. The average Bonchev–Trinajstić information content (AvgIpc) is 2.78. The third kappa shape index (κ3) is 6.32. The summed E-state index contributed by atoms with van der Waals surface area (Å²) >= 11 is 12.2. The van der Waals surface area contributed by atoms with Gasteiger partial charge in [0.15, 0.2) is 0 Å². The molecule has 0 saturated carbocycles. The molecule has 1 aliphatic heterocycles. The maximum atomic E-state index is 12.8. The molecule has 2 heterocycles. The monoisotopic (exact) mass is 463 g/mol. The van der Waals surface area contributed by atoms with Gasteiger partial charge in [0.05, 0.1) is 16.1 Å². The van der Waals surface area contributed by atoms with Gasteiger partial charge >= 0.3 is 0 Å². The molecule has 31 heavy (non-hydrogen) atoms. The third-order valence-corrected chi connectivity index (χ3v) is 5.69. The van der Waals surface area contributed by atoms with Crippen molar-refractivity contribution in [1.82, 2.24) is 20.1 Å². The molecular weight excluding hydrogens is 437 g/mol. The first-order valence-corrected chi connectivity index (χ1v) is 11.0. The fourth-order valence-electron chi connectivity index (χ4n) is 3.38. The Morgan fingerprint density at radius 3 is 2.48 bits per heavy atom. The van der Waals surface area contributed by atoms with Gasteiger partial charge in [-0.05, 0) is 57.4 Å². The van der Waals surface area contributed by atoms with Crippen LogP contribution in [0.25, 0.3) is 0 Å². The van der Waals surface area contributed by atoms with E-state index in [9.17, 15) is 9.59 Å². The molecule has 1 aliphatic rings. The summed E-state index contributed by atoms with van der Waals surface area (Å²) in [5, 5.41) is 3.79. The molecule has 0 unspecified atom stereocenters. The lowest BCUT2D eigenvalue weighted by molar-refractivity contribution is 0.0746. The highest BCUT2D eigenvalue weighted by Gasteiger charge is 2.24. The number of anilines is 1. The molecular formula is C22H27Cl2N5O2. The van der Waals surface area contributed by atoms with Crippen LogP contribution in [0.3, 0.4) is 0 Å². The van der Waals surface area contributed by atoms with Crippen molar-refractivity contribution in [2.24, 2.45) is 0 Å². The fraction of sp³-hybridized carbons (Fsp3) is 0.409. The van der Waals surface area contributed by atoms with Gasteiger partial charge in [-0.25, -0.2) is 4.98 Å². The second kappa shape index (κ2) is 10.8. The van der Waals surface area contributed by atoms with Gasteiger partial charge in [0.25, 0.3) is 11.8 Å². The Bertz CT molecular complexity index is 913. The van der Waals surface area contributed by atoms with Crippen molar-refractivity contribution in [1.29, 1.82) is 0 Å². The standard InChI is InChI=1S/C22H27Cl2N5O2/c1-27(2)9-3-8-25-21(30)16-4-7-20(26-15-16)28-10-12-29(13-11-28)22(31)18-14-17(23)5-6-19(18)24/h4-7,14-15H,3,8-13H2,1-2H3,(H,25,30). The number of amides is 2. The number of pyridine rings is 1. The Balaban J connectivity index is 1.52. The third-order valence-electron chi connectivity index (χ3n) is 5.13. The molecule has 1 fully saturated rings. The molecule has 7 nitrogen and oxygen atoms in total. The van der Waals surface area contributed by atoms with Crippen LogP contribution in [-0.2, 0) is 0 Å². The molecule has 0 aliphatic carbocycles. The number of carbonyl (C=O) groups is 2. The van der Waals surface area contributed by atoms with Crippen LogP contribution in [-0.4, -0.2) is 80.0 Å². The Hall–Kier alpha value is -2.35. The van der Waals surface area contributed by atoms with Crippen LogP contribution in [0.1, 0.15) is 27.1 Å². The summed E-state index contributed by atoms with van der Waals surface area (Å²) in [6.07, 6.45) is 2.49. The van der Waals surface area contributed by atoms with Gasteiger partial charge in [-0.1, -0.05) is 23.2 Å². The van der Waals surface area contributed by atoms with Gasteiger partial charge in [0, 0.05) is 43.9 Å². The SMILES string of the molecule is CN(C)CCCNC(=O)c1ccc(N2CCN(C(=O)c3cc(Cl)ccc3Cl)CC2)nc1. The zero-order valence-electron chi connectivity index (χ0n) is 17.8. The van der Waals surface area contributed by atoms with Crippen molar-refractivity contribution in [3.05, 3.63) is 57.7 Å². The molecule has 0 atom stereocenters. The number of rotatable bonds is 7. The molecule has 1 saturated heterocycles. The Kier molecular flexibility index (Phi) is 8.12. The number of aromatic nitrogens is 1. The fourth-order valence-corrected chi connectivity index (χ4v) is 3.75. The summed E-state index contributed by atoms with van der Waals surface area (Å²) in [7, 11) is 4.01. The molecule has 1 N–H and O–H groups in total. The quantitative estimate of drug-likeness (QED) is 0.639. The summed E-state index contributed by atoms with van der Waals surface area (Å²) < 4.78 is 0.